The molecule has 2 heterocycles. The van der Waals surface area contributed by atoms with Crippen LogP contribution in [0.15, 0.2) is 17.3 Å². The molecule has 1 fully saturated rings. The molecule has 0 spiro atoms. The van der Waals surface area contributed by atoms with Crippen LogP contribution in [0.25, 0.3) is 0 Å². The lowest BCUT2D eigenvalue weighted by atomic mass is 10.0. The van der Waals surface area contributed by atoms with E-state index < -0.39 is 0 Å². The van der Waals surface area contributed by atoms with Gasteiger partial charge in [0, 0.05) is 31.5 Å². The number of aliphatic imine (C=N–C) groups is 1. The molecule has 0 radical (unpaired) electrons. The van der Waals surface area contributed by atoms with Crippen molar-refractivity contribution in [3.8, 4) is 0 Å². The molecule has 18 heavy (non-hydrogen) atoms. The summed E-state index contributed by atoms with van der Waals surface area (Å²) in [5.41, 5.74) is 5.97. The van der Waals surface area contributed by atoms with E-state index in [4.69, 9.17) is 5.73 Å². The lowest BCUT2D eigenvalue weighted by molar-refractivity contribution is -0.125. The molecule has 2 aliphatic heterocycles. The van der Waals surface area contributed by atoms with Crippen molar-refractivity contribution in [3.63, 3.8) is 0 Å². The molecule has 2 unspecified atom stereocenters. The van der Waals surface area contributed by atoms with Gasteiger partial charge < -0.3 is 16.0 Å². The first-order chi connectivity index (χ1) is 8.65. The average molecular weight is 250 g/mol. The fraction of sp³-hybridized carbons (Fsp3) is 0.692. The SMILES string of the molecule is CN1CC(C(=O)NC2C=NC=CC2)CC[C@@H](N)C1. The first kappa shape index (κ1) is 13.2. The molecule has 2 rings (SSSR count). The molecular weight excluding hydrogens is 228 g/mol. The zero-order valence-corrected chi connectivity index (χ0v) is 10.9. The first-order valence-corrected chi connectivity index (χ1v) is 6.58. The van der Waals surface area contributed by atoms with Crippen LogP contribution in [0.2, 0.25) is 0 Å². The van der Waals surface area contributed by atoms with E-state index in [0.29, 0.717) is 0 Å². The minimum atomic E-state index is 0.0443. The number of hydrogen-bond donors (Lipinski definition) is 2. The highest BCUT2D eigenvalue weighted by Gasteiger charge is 2.26. The first-order valence-electron chi connectivity index (χ1n) is 6.58. The van der Waals surface area contributed by atoms with Crippen LogP contribution >= 0.6 is 0 Å². The molecule has 100 valence electrons. The number of nitrogens with two attached hydrogens (primary N) is 1. The standard InChI is InChI=1S/C13H22N4O/c1-17-8-10(4-5-11(14)9-17)13(18)16-12-3-2-6-15-7-12/h2,6-7,10-12H,3-5,8-9,14H2,1H3,(H,16,18)/t10?,11-,12?/m1/s1. The van der Waals surface area contributed by atoms with E-state index >= 15 is 0 Å². The number of amides is 1. The predicted octanol–water partition coefficient (Wildman–Crippen LogP) is 0.129. The fourth-order valence-corrected chi connectivity index (χ4v) is 2.54. The summed E-state index contributed by atoms with van der Waals surface area (Å²) >= 11 is 0. The molecule has 2 aliphatic rings. The zero-order valence-electron chi connectivity index (χ0n) is 10.9. The Morgan fingerprint density at radius 3 is 3.00 bits per heavy atom. The highest BCUT2D eigenvalue weighted by atomic mass is 16.2. The molecule has 0 bridgehead atoms. The molecule has 5 heteroatoms. The second-order valence-corrected chi connectivity index (χ2v) is 5.29. The normalized spacial score (nSPS) is 33.1. The summed E-state index contributed by atoms with van der Waals surface area (Å²) in [7, 11) is 2.02. The minimum Gasteiger partial charge on any atom is -0.348 e. The largest absolute Gasteiger partial charge is 0.348 e. The Balaban J connectivity index is 1.87. The van der Waals surface area contributed by atoms with Gasteiger partial charge in [-0.05, 0) is 26.3 Å². The van der Waals surface area contributed by atoms with Crippen molar-refractivity contribution in [1.29, 1.82) is 0 Å². The van der Waals surface area contributed by atoms with E-state index in [2.05, 4.69) is 15.2 Å². The van der Waals surface area contributed by atoms with Gasteiger partial charge >= 0.3 is 0 Å². The number of likely N-dealkylation sites (N-methyl/N-ethyl adjacent to an activating group) is 1. The Morgan fingerprint density at radius 1 is 1.44 bits per heavy atom. The third-order valence-electron chi connectivity index (χ3n) is 3.51. The highest BCUT2D eigenvalue weighted by molar-refractivity contribution is 5.83. The third kappa shape index (κ3) is 3.65. The van der Waals surface area contributed by atoms with Crippen LogP contribution in [0.1, 0.15) is 19.3 Å². The van der Waals surface area contributed by atoms with E-state index in [1.54, 1.807) is 12.4 Å². The molecule has 0 aromatic heterocycles. The minimum absolute atomic E-state index is 0.0443. The van der Waals surface area contributed by atoms with E-state index in [9.17, 15) is 4.79 Å². The van der Waals surface area contributed by atoms with Gasteiger partial charge in [-0.25, -0.2) is 0 Å². The van der Waals surface area contributed by atoms with Gasteiger partial charge in [-0.3, -0.25) is 9.79 Å². The monoisotopic (exact) mass is 250 g/mol. The number of carbonyl (C=O) groups excluding carboxylic acids is 1. The van der Waals surface area contributed by atoms with E-state index in [1.165, 1.54) is 0 Å². The summed E-state index contributed by atoms with van der Waals surface area (Å²) in [4.78, 5) is 18.4. The second-order valence-electron chi connectivity index (χ2n) is 5.29. The Labute approximate surface area is 108 Å². The molecule has 5 nitrogen and oxygen atoms in total. The maximum Gasteiger partial charge on any atom is 0.224 e. The molecule has 0 aliphatic carbocycles. The lowest BCUT2D eigenvalue weighted by Crippen LogP contribution is -2.43. The van der Waals surface area contributed by atoms with Gasteiger partial charge in [0.05, 0.1) is 12.0 Å². The summed E-state index contributed by atoms with van der Waals surface area (Å²) in [6.45, 7) is 1.66. The van der Waals surface area contributed by atoms with Crippen LogP contribution < -0.4 is 11.1 Å². The smallest absolute Gasteiger partial charge is 0.224 e. The highest BCUT2D eigenvalue weighted by Crippen LogP contribution is 2.15. The van der Waals surface area contributed by atoms with Crippen LogP contribution in [0, 0.1) is 5.92 Å². The van der Waals surface area contributed by atoms with Crippen LogP contribution in [0.4, 0.5) is 0 Å². The van der Waals surface area contributed by atoms with Crippen molar-refractivity contribution in [2.24, 2.45) is 16.6 Å². The quantitative estimate of drug-likeness (QED) is 0.732. The van der Waals surface area contributed by atoms with Gasteiger partial charge in [-0.15, -0.1) is 0 Å². The maximum atomic E-state index is 12.2. The number of rotatable bonds is 2. The molecular formula is C13H22N4O. The van der Waals surface area contributed by atoms with Crippen molar-refractivity contribution in [2.45, 2.75) is 31.3 Å². The van der Waals surface area contributed by atoms with Crippen LogP contribution in [0.3, 0.4) is 0 Å². The fourth-order valence-electron chi connectivity index (χ4n) is 2.54. The van der Waals surface area contributed by atoms with Crippen molar-refractivity contribution in [2.75, 3.05) is 20.1 Å². The molecule has 0 aromatic rings. The summed E-state index contributed by atoms with van der Waals surface area (Å²) in [6, 6.07) is 0.233. The Hall–Kier alpha value is -1.20. The van der Waals surface area contributed by atoms with E-state index in [0.717, 1.165) is 32.4 Å². The number of nitrogens with zero attached hydrogens (tertiary/aromatic N) is 2. The predicted molar refractivity (Wildman–Crippen MR) is 72.4 cm³/mol. The van der Waals surface area contributed by atoms with Crippen molar-refractivity contribution >= 4 is 12.1 Å². The van der Waals surface area contributed by atoms with Crippen LogP contribution in [0.5, 0.6) is 0 Å². The van der Waals surface area contributed by atoms with Gasteiger partial charge in [-0.2, -0.15) is 0 Å². The topological polar surface area (TPSA) is 70.7 Å². The van der Waals surface area contributed by atoms with Crippen LogP contribution in [-0.2, 0) is 4.79 Å². The number of nitrogens with one attached hydrogen (secondary N) is 1. The van der Waals surface area contributed by atoms with Gasteiger partial charge in [0.25, 0.3) is 0 Å². The molecule has 1 saturated heterocycles. The number of likely N-dealkylation sites (tertiary alicyclic amines) is 1. The summed E-state index contributed by atoms with van der Waals surface area (Å²) in [6.07, 6.45) is 8.15. The lowest BCUT2D eigenvalue weighted by Gasteiger charge is -2.22. The van der Waals surface area contributed by atoms with Crippen molar-refractivity contribution < 1.29 is 4.79 Å². The Kier molecular flexibility index (Phi) is 4.49. The second kappa shape index (κ2) is 6.11. The molecule has 0 aromatic carbocycles. The van der Waals surface area contributed by atoms with Gasteiger partial charge in [0.1, 0.15) is 0 Å². The number of hydrogen-bond acceptors (Lipinski definition) is 4. The number of carbonyl (C=O) groups is 1. The summed E-state index contributed by atoms with van der Waals surface area (Å²) in [5, 5.41) is 3.04. The summed E-state index contributed by atoms with van der Waals surface area (Å²) in [5.74, 6) is 0.172. The van der Waals surface area contributed by atoms with E-state index in [1.807, 2.05) is 13.1 Å². The zero-order chi connectivity index (χ0) is 13.0. The molecule has 1 amide bonds. The van der Waals surface area contributed by atoms with Gasteiger partial charge in [0.15, 0.2) is 0 Å². The maximum absolute atomic E-state index is 12.2. The van der Waals surface area contributed by atoms with Gasteiger partial charge in [-0.1, -0.05) is 6.08 Å². The van der Waals surface area contributed by atoms with Crippen LogP contribution in [-0.4, -0.2) is 49.2 Å². The van der Waals surface area contributed by atoms with E-state index in [-0.39, 0.29) is 23.9 Å². The average Bonchev–Trinajstić information content (AvgIpc) is 2.51. The Morgan fingerprint density at radius 2 is 2.28 bits per heavy atom. The van der Waals surface area contributed by atoms with Crippen molar-refractivity contribution in [3.05, 3.63) is 12.3 Å². The Bertz CT molecular complexity index is 353. The third-order valence-corrected chi connectivity index (χ3v) is 3.51. The van der Waals surface area contributed by atoms with Crippen molar-refractivity contribution in [1.82, 2.24) is 10.2 Å². The molecule has 0 saturated carbocycles. The molecule has 3 atom stereocenters. The molecule has 3 N–H and O–H groups in total. The van der Waals surface area contributed by atoms with Gasteiger partial charge in [0.2, 0.25) is 5.91 Å². The summed E-state index contributed by atoms with van der Waals surface area (Å²) < 4.78 is 0.